The molecule has 0 spiro atoms. The first kappa shape index (κ1) is 24.6. The second kappa shape index (κ2) is 12.2. The third-order valence-electron chi connectivity index (χ3n) is 6.03. The molecule has 2 aromatic carbocycles. The summed E-state index contributed by atoms with van der Waals surface area (Å²) in [6, 6.07) is 12.5. The predicted octanol–water partition coefficient (Wildman–Crippen LogP) is 4.47. The SMILES string of the molecule is CC[C@@H](C(=O)NC1CCCCC1)N(Cc1ccc(OC)cc1)C(=O)COc1ccc(F)cc1. The lowest BCUT2D eigenvalue weighted by atomic mass is 9.95. The zero-order chi connectivity index (χ0) is 23.6. The van der Waals surface area contributed by atoms with Crippen LogP contribution < -0.4 is 14.8 Å². The fourth-order valence-electron chi connectivity index (χ4n) is 4.15. The summed E-state index contributed by atoms with van der Waals surface area (Å²) in [4.78, 5) is 28.0. The molecule has 1 atom stereocenters. The summed E-state index contributed by atoms with van der Waals surface area (Å²) in [5.41, 5.74) is 0.884. The summed E-state index contributed by atoms with van der Waals surface area (Å²) in [7, 11) is 1.60. The van der Waals surface area contributed by atoms with Crippen LogP contribution in [0.5, 0.6) is 11.5 Å². The molecule has 7 heteroatoms. The number of rotatable bonds is 10. The molecule has 33 heavy (non-hydrogen) atoms. The van der Waals surface area contributed by atoms with E-state index in [1.54, 1.807) is 12.0 Å². The van der Waals surface area contributed by atoms with Crippen LogP contribution in [-0.4, -0.2) is 42.5 Å². The highest BCUT2D eigenvalue weighted by Gasteiger charge is 2.30. The van der Waals surface area contributed by atoms with E-state index in [1.165, 1.54) is 30.7 Å². The Morgan fingerprint density at radius 2 is 1.67 bits per heavy atom. The number of benzene rings is 2. The van der Waals surface area contributed by atoms with Crippen molar-refractivity contribution >= 4 is 11.8 Å². The van der Waals surface area contributed by atoms with Gasteiger partial charge in [0.15, 0.2) is 6.61 Å². The summed E-state index contributed by atoms with van der Waals surface area (Å²) in [6.07, 6.45) is 5.86. The van der Waals surface area contributed by atoms with E-state index in [0.29, 0.717) is 12.2 Å². The summed E-state index contributed by atoms with van der Waals surface area (Å²) < 4.78 is 24.0. The van der Waals surface area contributed by atoms with Gasteiger partial charge in [0.1, 0.15) is 23.4 Å². The van der Waals surface area contributed by atoms with E-state index in [0.717, 1.165) is 37.0 Å². The van der Waals surface area contributed by atoms with Gasteiger partial charge in [0.25, 0.3) is 5.91 Å². The molecule has 1 aliphatic rings. The van der Waals surface area contributed by atoms with Crippen molar-refractivity contribution in [2.75, 3.05) is 13.7 Å². The lowest BCUT2D eigenvalue weighted by Gasteiger charge is -2.32. The molecule has 2 amide bonds. The number of carbonyl (C=O) groups excluding carboxylic acids is 2. The molecule has 0 aromatic heterocycles. The molecule has 2 aromatic rings. The Hall–Kier alpha value is -3.09. The van der Waals surface area contributed by atoms with E-state index >= 15 is 0 Å². The van der Waals surface area contributed by atoms with Gasteiger partial charge >= 0.3 is 0 Å². The number of nitrogens with one attached hydrogen (secondary N) is 1. The van der Waals surface area contributed by atoms with Crippen LogP contribution in [0.1, 0.15) is 51.0 Å². The number of amides is 2. The highest BCUT2D eigenvalue weighted by molar-refractivity contribution is 5.88. The third kappa shape index (κ3) is 7.20. The van der Waals surface area contributed by atoms with Gasteiger partial charge in [-0.2, -0.15) is 0 Å². The number of hydrogen-bond acceptors (Lipinski definition) is 4. The van der Waals surface area contributed by atoms with Crippen molar-refractivity contribution in [2.45, 2.75) is 64.1 Å². The number of hydrogen-bond donors (Lipinski definition) is 1. The van der Waals surface area contributed by atoms with E-state index in [2.05, 4.69) is 5.32 Å². The third-order valence-corrected chi connectivity index (χ3v) is 6.03. The van der Waals surface area contributed by atoms with Crippen LogP contribution in [0.3, 0.4) is 0 Å². The second-order valence-corrected chi connectivity index (χ2v) is 8.38. The van der Waals surface area contributed by atoms with Crippen LogP contribution in [0.15, 0.2) is 48.5 Å². The molecule has 0 bridgehead atoms. The Morgan fingerprint density at radius 1 is 1.03 bits per heavy atom. The van der Waals surface area contributed by atoms with Gasteiger partial charge in [-0.1, -0.05) is 38.3 Å². The first-order valence-corrected chi connectivity index (χ1v) is 11.6. The van der Waals surface area contributed by atoms with Gasteiger partial charge in [-0.25, -0.2) is 4.39 Å². The lowest BCUT2D eigenvalue weighted by molar-refractivity contribution is -0.143. The summed E-state index contributed by atoms with van der Waals surface area (Å²) in [6.45, 7) is 1.93. The number of nitrogens with zero attached hydrogens (tertiary/aromatic N) is 1. The minimum atomic E-state index is -0.613. The molecule has 1 fully saturated rings. The summed E-state index contributed by atoms with van der Waals surface area (Å²) >= 11 is 0. The molecule has 6 nitrogen and oxygen atoms in total. The van der Waals surface area contributed by atoms with E-state index in [-0.39, 0.29) is 36.8 Å². The molecule has 1 N–H and O–H groups in total. The zero-order valence-corrected chi connectivity index (χ0v) is 19.4. The molecular weight excluding hydrogens is 423 g/mol. The molecular formula is C26H33FN2O4. The van der Waals surface area contributed by atoms with E-state index in [1.807, 2.05) is 31.2 Å². The second-order valence-electron chi connectivity index (χ2n) is 8.38. The summed E-state index contributed by atoms with van der Waals surface area (Å²) in [5, 5.41) is 3.15. The van der Waals surface area contributed by atoms with Crippen molar-refractivity contribution in [1.82, 2.24) is 10.2 Å². The molecule has 0 unspecified atom stereocenters. The highest BCUT2D eigenvalue weighted by Crippen LogP contribution is 2.20. The fraction of sp³-hybridized carbons (Fsp3) is 0.462. The molecule has 3 rings (SSSR count). The maximum Gasteiger partial charge on any atom is 0.261 e. The van der Waals surface area contributed by atoms with Crippen molar-refractivity contribution in [3.05, 3.63) is 59.9 Å². The van der Waals surface area contributed by atoms with Gasteiger partial charge in [-0.3, -0.25) is 9.59 Å². The van der Waals surface area contributed by atoms with Gasteiger partial charge in [0.05, 0.1) is 7.11 Å². The number of halogens is 1. The van der Waals surface area contributed by atoms with E-state index in [4.69, 9.17) is 9.47 Å². The van der Waals surface area contributed by atoms with Gasteiger partial charge < -0.3 is 19.7 Å². The number of methoxy groups -OCH3 is 1. The van der Waals surface area contributed by atoms with Crippen LogP contribution in [0.4, 0.5) is 4.39 Å². The Balaban J connectivity index is 1.74. The standard InChI is InChI=1S/C26H33FN2O4/c1-3-24(26(31)28-21-7-5-4-6-8-21)29(17-19-9-13-22(32-2)14-10-19)25(30)18-33-23-15-11-20(27)12-16-23/h9-16,21,24H,3-8,17-18H2,1-2H3,(H,28,31)/t24-/m0/s1. The molecule has 178 valence electrons. The normalized spacial score (nSPS) is 14.9. The van der Waals surface area contributed by atoms with Gasteiger partial charge in [0.2, 0.25) is 5.91 Å². The molecule has 1 saturated carbocycles. The van der Waals surface area contributed by atoms with Crippen LogP contribution >= 0.6 is 0 Å². The number of ether oxygens (including phenoxy) is 2. The first-order valence-electron chi connectivity index (χ1n) is 11.6. The van der Waals surface area contributed by atoms with Crippen molar-refractivity contribution in [3.63, 3.8) is 0 Å². The topological polar surface area (TPSA) is 67.9 Å². The molecule has 0 heterocycles. The molecule has 0 saturated heterocycles. The monoisotopic (exact) mass is 456 g/mol. The van der Waals surface area contributed by atoms with Crippen molar-refractivity contribution in [3.8, 4) is 11.5 Å². The molecule has 1 aliphatic carbocycles. The van der Waals surface area contributed by atoms with Crippen molar-refractivity contribution < 1.29 is 23.5 Å². The maximum atomic E-state index is 13.2. The zero-order valence-electron chi connectivity index (χ0n) is 19.4. The summed E-state index contributed by atoms with van der Waals surface area (Å²) in [5.74, 6) is 0.307. The Kier molecular flexibility index (Phi) is 9.10. The Morgan fingerprint density at radius 3 is 2.27 bits per heavy atom. The van der Waals surface area contributed by atoms with E-state index < -0.39 is 6.04 Å². The fourth-order valence-corrected chi connectivity index (χ4v) is 4.15. The average molecular weight is 457 g/mol. The van der Waals surface area contributed by atoms with Crippen molar-refractivity contribution in [2.24, 2.45) is 0 Å². The van der Waals surface area contributed by atoms with Crippen LogP contribution in [0.25, 0.3) is 0 Å². The van der Waals surface area contributed by atoms with Gasteiger partial charge in [-0.05, 0) is 61.2 Å². The van der Waals surface area contributed by atoms with E-state index in [9.17, 15) is 14.0 Å². The highest BCUT2D eigenvalue weighted by atomic mass is 19.1. The maximum absolute atomic E-state index is 13.2. The minimum Gasteiger partial charge on any atom is -0.497 e. The molecule has 0 radical (unpaired) electrons. The predicted molar refractivity (Wildman–Crippen MR) is 125 cm³/mol. The Bertz CT molecular complexity index is 896. The lowest BCUT2D eigenvalue weighted by Crippen LogP contribution is -2.52. The quantitative estimate of drug-likeness (QED) is 0.573. The van der Waals surface area contributed by atoms with Crippen LogP contribution in [0, 0.1) is 5.82 Å². The van der Waals surface area contributed by atoms with Crippen LogP contribution in [0.2, 0.25) is 0 Å². The van der Waals surface area contributed by atoms with Crippen molar-refractivity contribution in [1.29, 1.82) is 0 Å². The largest absolute Gasteiger partial charge is 0.497 e. The average Bonchev–Trinajstić information content (AvgIpc) is 2.84. The van der Waals surface area contributed by atoms with Gasteiger partial charge in [-0.15, -0.1) is 0 Å². The first-order chi connectivity index (χ1) is 16.0. The Labute approximate surface area is 195 Å². The number of carbonyl (C=O) groups is 2. The van der Waals surface area contributed by atoms with Crippen LogP contribution in [-0.2, 0) is 16.1 Å². The minimum absolute atomic E-state index is 0.131. The smallest absolute Gasteiger partial charge is 0.261 e. The molecule has 0 aliphatic heterocycles. The van der Waals surface area contributed by atoms with Gasteiger partial charge in [0, 0.05) is 12.6 Å².